The van der Waals surface area contributed by atoms with Crippen molar-refractivity contribution < 1.29 is 31.9 Å². The molecule has 12 heteroatoms. The Morgan fingerprint density at radius 1 is 1.09 bits per heavy atom. The summed E-state index contributed by atoms with van der Waals surface area (Å²) < 4.78 is 68.1. The average Bonchev–Trinajstić information content (AvgIpc) is 3.42. The number of aromatic nitrogens is 3. The van der Waals surface area contributed by atoms with E-state index in [1.807, 2.05) is 0 Å². The zero-order valence-corrected chi connectivity index (χ0v) is 17.9. The van der Waals surface area contributed by atoms with Gasteiger partial charge >= 0.3 is 12.2 Å². The number of carbonyl (C=O) groups is 1. The smallest absolute Gasteiger partial charge is 0.381 e. The van der Waals surface area contributed by atoms with Crippen molar-refractivity contribution in [3.63, 3.8) is 0 Å². The number of hydrogen-bond donors (Lipinski definition) is 1. The molecule has 2 heterocycles. The monoisotopic (exact) mass is 481 g/mol. The van der Waals surface area contributed by atoms with Crippen LogP contribution in [0.5, 0.6) is 0 Å². The number of aliphatic hydroxyl groups is 1. The molecule has 1 aliphatic heterocycles. The summed E-state index contributed by atoms with van der Waals surface area (Å²) in [6.45, 7) is 1.47. The molecule has 0 radical (unpaired) electrons. The summed E-state index contributed by atoms with van der Waals surface area (Å²) in [6.07, 6.45) is -1.98. The van der Waals surface area contributed by atoms with E-state index < -0.39 is 41.0 Å². The predicted octanol–water partition coefficient (Wildman–Crippen LogP) is 3.79. The van der Waals surface area contributed by atoms with Crippen LogP contribution >= 0.6 is 0 Å². The summed E-state index contributed by atoms with van der Waals surface area (Å²) in [5.74, 6) is -1.83. The van der Waals surface area contributed by atoms with E-state index in [9.17, 15) is 31.9 Å². The predicted molar refractivity (Wildman–Crippen MR) is 111 cm³/mol. The molecular weight excluding hydrogens is 461 g/mol. The number of alkyl halides is 3. The molecule has 4 rings (SSSR count). The first-order chi connectivity index (χ1) is 16.0. The van der Waals surface area contributed by atoms with Gasteiger partial charge in [-0.25, -0.2) is 23.2 Å². The van der Waals surface area contributed by atoms with Crippen LogP contribution in [0.15, 0.2) is 55.1 Å². The molecule has 2 atom stereocenters. The summed E-state index contributed by atoms with van der Waals surface area (Å²) in [5, 5.41) is 15.6. The molecule has 2 amide bonds. The van der Waals surface area contributed by atoms with Crippen LogP contribution in [0.1, 0.15) is 18.1 Å². The fourth-order valence-electron chi connectivity index (χ4n) is 4.09. The van der Waals surface area contributed by atoms with E-state index in [2.05, 4.69) is 10.1 Å². The number of urea groups is 1. The molecule has 0 spiro atoms. The summed E-state index contributed by atoms with van der Waals surface area (Å²) in [4.78, 5) is 19.5. The molecule has 7 nitrogen and oxygen atoms in total. The van der Waals surface area contributed by atoms with E-state index in [1.54, 1.807) is 0 Å². The zero-order chi connectivity index (χ0) is 24.7. The lowest BCUT2D eigenvalue weighted by atomic mass is 9.85. The van der Waals surface area contributed by atoms with Gasteiger partial charge in [0.15, 0.2) is 0 Å². The molecule has 2 aromatic carbocycles. The number of amides is 2. The molecule has 1 aromatic heterocycles. The third kappa shape index (κ3) is 4.32. The number of nitrogens with zero attached hydrogens (tertiary/aromatic N) is 5. The van der Waals surface area contributed by atoms with E-state index in [0.29, 0.717) is 6.07 Å². The van der Waals surface area contributed by atoms with E-state index in [4.69, 9.17) is 0 Å². The van der Waals surface area contributed by atoms with Crippen LogP contribution in [0, 0.1) is 11.6 Å². The van der Waals surface area contributed by atoms with E-state index in [1.165, 1.54) is 46.2 Å². The zero-order valence-electron chi connectivity index (χ0n) is 17.9. The second kappa shape index (κ2) is 8.67. The van der Waals surface area contributed by atoms with E-state index >= 15 is 0 Å². The molecular formula is C22H20F5N5O2. The Labute approximate surface area is 191 Å². The molecule has 1 N–H and O–H groups in total. The second-order valence-electron chi connectivity index (χ2n) is 7.99. The number of hydrogen-bond acceptors (Lipinski definition) is 4. The molecule has 1 fully saturated rings. The van der Waals surface area contributed by atoms with Gasteiger partial charge in [-0.15, -0.1) is 0 Å². The van der Waals surface area contributed by atoms with Gasteiger partial charge in [0.2, 0.25) is 0 Å². The Morgan fingerprint density at radius 2 is 1.79 bits per heavy atom. The third-order valence-corrected chi connectivity index (χ3v) is 5.97. The molecule has 0 bridgehead atoms. The van der Waals surface area contributed by atoms with E-state index in [-0.39, 0.29) is 30.9 Å². The van der Waals surface area contributed by atoms with Gasteiger partial charge < -0.3 is 10.0 Å². The molecule has 0 saturated carbocycles. The van der Waals surface area contributed by atoms with Crippen LogP contribution in [0.3, 0.4) is 0 Å². The lowest BCUT2D eigenvalue weighted by molar-refractivity contribution is -0.137. The van der Waals surface area contributed by atoms with Crippen LogP contribution in [0.25, 0.3) is 0 Å². The van der Waals surface area contributed by atoms with Gasteiger partial charge in [-0.05, 0) is 37.3 Å². The number of rotatable bonds is 6. The highest BCUT2D eigenvalue weighted by molar-refractivity contribution is 5.94. The Morgan fingerprint density at radius 3 is 2.38 bits per heavy atom. The van der Waals surface area contributed by atoms with Crippen molar-refractivity contribution >= 4 is 11.7 Å². The number of benzene rings is 2. The van der Waals surface area contributed by atoms with Crippen molar-refractivity contribution in [2.24, 2.45) is 0 Å². The Kier molecular flexibility index (Phi) is 6.02. The molecule has 0 aliphatic carbocycles. The third-order valence-electron chi connectivity index (χ3n) is 5.97. The van der Waals surface area contributed by atoms with Crippen molar-refractivity contribution in [1.82, 2.24) is 19.7 Å². The average molecular weight is 481 g/mol. The second-order valence-corrected chi connectivity index (χ2v) is 7.99. The first-order valence-electron chi connectivity index (χ1n) is 10.3. The van der Waals surface area contributed by atoms with Gasteiger partial charge in [0.05, 0.1) is 18.2 Å². The SMILES string of the molecule is C[C@@H](N1CCN(c2ccc(C(F)(F)F)cc2)C1=O)[C@](O)(Cn1cncn1)c1ccc(F)cc1F. The Balaban J connectivity index is 1.64. The minimum Gasteiger partial charge on any atom is -0.381 e. The number of halogens is 5. The normalized spacial score (nSPS) is 17.2. The van der Waals surface area contributed by atoms with Crippen molar-refractivity contribution in [2.45, 2.75) is 31.3 Å². The van der Waals surface area contributed by atoms with Crippen molar-refractivity contribution in [1.29, 1.82) is 0 Å². The Hall–Kier alpha value is -3.54. The molecule has 1 saturated heterocycles. The summed E-state index contributed by atoms with van der Waals surface area (Å²) in [5.41, 5.74) is -2.86. The van der Waals surface area contributed by atoms with Crippen LogP contribution in [-0.4, -0.2) is 49.9 Å². The highest BCUT2D eigenvalue weighted by atomic mass is 19.4. The number of anilines is 1. The van der Waals surface area contributed by atoms with Crippen LogP contribution in [0.2, 0.25) is 0 Å². The molecule has 34 heavy (non-hydrogen) atoms. The van der Waals surface area contributed by atoms with Crippen molar-refractivity contribution in [3.8, 4) is 0 Å². The summed E-state index contributed by atoms with van der Waals surface area (Å²) in [6, 6.07) is 5.27. The maximum Gasteiger partial charge on any atom is 0.416 e. The maximum atomic E-state index is 14.7. The highest BCUT2D eigenvalue weighted by Gasteiger charge is 2.46. The largest absolute Gasteiger partial charge is 0.416 e. The van der Waals surface area contributed by atoms with Crippen LogP contribution in [-0.2, 0) is 18.3 Å². The summed E-state index contributed by atoms with van der Waals surface area (Å²) in [7, 11) is 0. The van der Waals surface area contributed by atoms with Gasteiger partial charge in [-0.3, -0.25) is 4.90 Å². The maximum absolute atomic E-state index is 14.7. The molecule has 3 aromatic rings. The molecule has 1 aliphatic rings. The van der Waals surface area contributed by atoms with Gasteiger partial charge in [0.25, 0.3) is 0 Å². The quantitative estimate of drug-likeness (QED) is 0.544. The van der Waals surface area contributed by atoms with E-state index in [0.717, 1.165) is 24.3 Å². The standard InChI is InChI=1S/C22H20F5N5O2/c1-14(21(34,11-30-13-28-12-29-30)18-7-4-16(23)10-19(18)24)31-8-9-32(20(31)33)17-5-2-15(3-6-17)22(25,26)27/h2-7,10,12-14,34H,8-9,11H2,1H3/t14-,21-/m1/s1. The lowest BCUT2D eigenvalue weighted by Crippen LogP contribution is -2.53. The van der Waals surface area contributed by atoms with Gasteiger partial charge in [-0.1, -0.05) is 6.07 Å². The van der Waals surface area contributed by atoms with Crippen molar-refractivity contribution in [3.05, 3.63) is 77.9 Å². The Bertz CT molecular complexity index is 1170. The first kappa shape index (κ1) is 23.6. The number of carbonyl (C=O) groups excluding carboxylic acids is 1. The van der Waals surface area contributed by atoms with Gasteiger partial charge in [0, 0.05) is 30.4 Å². The topological polar surface area (TPSA) is 74.5 Å². The highest BCUT2D eigenvalue weighted by Crippen LogP contribution is 2.36. The fourth-order valence-corrected chi connectivity index (χ4v) is 4.09. The van der Waals surface area contributed by atoms with Crippen molar-refractivity contribution in [2.75, 3.05) is 18.0 Å². The van der Waals surface area contributed by atoms with Crippen LogP contribution < -0.4 is 4.90 Å². The minimum atomic E-state index is -4.51. The lowest BCUT2D eigenvalue weighted by Gasteiger charge is -2.39. The molecule has 180 valence electrons. The van der Waals surface area contributed by atoms with Crippen LogP contribution in [0.4, 0.5) is 32.4 Å². The first-order valence-corrected chi connectivity index (χ1v) is 10.3. The fraction of sp³-hybridized carbons (Fsp3) is 0.318. The summed E-state index contributed by atoms with van der Waals surface area (Å²) >= 11 is 0. The minimum absolute atomic E-state index is 0.115. The van der Waals surface area contributed by atoms with Gasteiger partial charge in [0.1, 0.15) is 29.9 Å². The van der Waals surface area contributed by atoms with Gasteiger partial charge in [-0.2, -0.15) is 18.3 Å². The molecule has 0 unspecified atom stereocenters.